The van der Waals surface area contributed by atoms with Gasteiger partial charge in [0.25, 0.3) is 0 Å². The predicted octanol–water partition coefficient (Wildman–Crippen LogP) is 3.28. The first-order chi connectivity index (χ1) is 11.2. The molecular weight excluding hydrogens is 288 g/mol. The number of fused-ring (bicyclic) bond motifs is 1. The molecule has 0 bridgehead atoms. The number of hydrogen-bond acceptors (Lipinski definition) is 4. The molecule has 0 saturated heterocycles. The second-order valence-electron chi connectivity index (χ2n) is 5.71. The van der Waals surface area contributed by atoms with Gasteiger partial charge >= 0.3 is 0 Å². The Balaban J connectivity index is 1.84. The number of nitrogens with zero attached hydrogens (tertiary/aromatic N) is 3. The van der Waals surface area contributed by atoms with E-state index in [9.17, 15) is 4.79 Å². The number of Topliss-reactive ketones (excluding diaryl/α,β-unsaturated/α-hetero) is 1. The van der Waals surface area contributed by atoms with Crippen molar-refractivity contribution < 1.29 is 4.79 Å². The zero-order chi connectivity index (χ0) is 16.2. The molecular formula is C18H20N4O. The molecule has 0 spiro atoms. The summed E-state index contributed by atoms with van der Waals surface area (Å²) < 4.78 is 1.67. The number of nitrogen functional groups attached to an aromatic ring is 1. The summed E-state index contributed by atoms with van der Waals surface area (Å²) in [5.74, 6) is 0.713. The van der Waals surface area contributed by atoms with Crippen molar-refractivity contribution >= 4 is 17.1 Å². The lowest BCUT2D eigenvalue weighted by Crippen LogP contribution is -2.02. The molecule has 23 heavy (non-hydrogen) atoms. The lowest BCUT2D eigenvalue weighted by molar-refractivity contribution is -0.118. The molecule has 5 nitrogen and oxygen atoms in total. The van der Waals surface area contributed by atoms with Crippen LogP contribution < -0.4 is 5.73 Å². The fourth-order valence-electron chi connectivity index (χ4n) is 2.70. The van der Waals surface area contributed by atoms with Crippen molar-refractivity contribution in [2.75, 3.05) is 5.73 Å². The minimum atomic E-state index is 0.297. The van der Waals surface area contributed by atoms with E-state index in [1.54, 1.807) is 4.52 Å². The maximum absolute atomic E-state index is 11.9. The van der Waals surface area contributed by atoms with Crippen molar-refractivity contribution in [3.63, 3.8) is 0 Å². The quantitative estimate of drug-likeness (QED) is 0.758. The van der Waals surface area contributed by atoms with Gasteiger partial charge in [0.1, 0.15) is 11.3 Å². The van der Waals surface area contributed by atoms with Gasteiger partial charge < -0.3 is 5.73 Å². The summed E-state index contributed by atoms with van der Waals surface area (Å²) in [6.45, 7) is 2.10. The molecule has 1 aromatic carbocycles. The number of pyridine rings is 1. The molecule has 3 aromatic rings. The minimum Gasteiger partial charge on any atom is -0.380 e. The Morgan fingerprint density at radius 2 is 2.00 bits per heavy atom. The van der Waals surface area contributed by atoms with E-state index in [0.29, 0.717) is 24.4 Å². The van der Waals surface area contributed by atoms with Crippen molar-refractivity contribution in [2.45, 2.75) is 32.6 Å². The largest absolute Gasteiger partial charge is 0.380 e. The van der Waals surface area contributed by atoms with Gasteiger partial charge in [-0.25, -0.2) is 4.52 Å². The van der Waals surface area contributed by atoms with Crippen LogP contribution in [0, 0.1) is 0 Å². The number of carbonyl (C=O) groups is 1. The fraction of sp³-hybridized carbons (Fsp3) is 0.278. The first-order valence-corrected chi connectivity index (χ1v) is 7.89. The van der Waals surface area contributed by atoms with E-state index in [2.05, 4.69) is 17.2 Å². The van der Waals surface area contributed by atoms with Gasteiger partial charge in [-0.15, -0.1) is 5.10 Å². The molecule has 0 aliphatic heterocycles. The van der Waals surface area contributed by atoms with E-state index in [4.69, 9.17) is 5.73 Å². The number of anilines is 1. The highest BCUT2D eigenvalue weighted by Crippen LogP contribution is 2.27. The molecule has 2 N–H and O–H groups in total. The molecule has 0 aliphatic carbocycles. The molecule has 118 valence electrons. The molecule has 0 amide bonds. The van der Waals surface area contributed by atoms with Crippen LogP contribution in [0.25, 0.3) is 16.6 Å². The topological polar surface area (TPSA) is 73.3 Å². The third kappa shape index (κ3) is 3.23. The molecule has 0 saturated carbocycles. The van der Waals surface area contributed by atoms with Crippen LogP contribution in [0.3, 0.4) is 0 Å². The van der Waals surface area contributed by atoms with E-state index >= 15 is 0 Å². The predicted molar refractivity (Wildman–Crippen MR) is 91.1 cm³/mol. The first kappa shape index (κ1) is 15.2. The zero-order valence-corrected chi connectivity index (χ0v) is 13.2. The Morgan fingerprint density at radius 1 is 1.22 bits per heavy atom. The lowest BCUT2D eigenvalue weighted by Gasteiger charge is -2.06. The van der Waals surface area contributed by atoms with Crippen molar-refractivity contribution in [1.82, 2.24) is 14.8 Å². The van der Waals surface area contributed by atoms with Crippen LogP contribution in [0.4, 0.5) is 5.82 Å². The highest BCUT2D eigenvalue weighted by molar-refractivity contribution is 5.87. The van der Waals surface area contributed by atoms with Gasteiger partial charge in [0.2, 0.25) is 0 Å². The molecule has 5 heteroatoms. The van der Waals surface area contributed by atoms with Crippen molar-refractivity contribution in [2.24, 2.45) is 0 Å². The molecule has 0 aliphatic rings. The number of rotatable bonds is 6. The van der Waals surface area contributed by atoms with Gasteiger partial charge in [-0.1, -0.05) is 48.9 Å². The second kappa shape index (κ2) is 6.60. The third-order valence-electron chi connectivity index (χ3n) is 3.94. The average Bonchev–Trinajstić information content (AvgIpc) is 2.95. The van der Waals surface area contributed by atoms with Gasteiger partial charge in [-0.3, -0.25) is 4.79 Å². The van der Waals surface area contributed by atoms with E-state index < -0.39 is 0 Å². The van der Waals surface area contributed by atoms with Crippen molar-refractivity contribution in [3.05, 3.63) is 48.2 Å². The average molecular weight is 308 g/mol. The number of benzene rings is 1. The fourth-order valence-corrected chi connectivity index (χ4v) is 2.70. The van der Waals surface area contributed by atoms with Crippen molar-refractivity contribution in [1.29, 1.82) is 0 Å². The van der Waals surface area contributed by atoms with Crippen LogP contribution >= 0.6 is 0 Å². The summed E-state index contributed by atoms with van der Waals surface area (Å²) in [5, 5.41) is 7.90. The van der Waals surface area contributed by atoms with Gasteiger partial charge in [0, 0.05) is 24.6 Å². The van der Waals surface area contributed by atoms with Crippen LogP contribution in [0.2, 0.25) is 0 Å². The monoisotopic (exact) mass is 308 g/mol. The van der Waals surface area contributed by atoms with Crippen molar-refractivity contribution in [3.8, 4) is 11.1 Å². The highest BCUT2D eigenvalue weighted by Gasteiger charge is 2.10. The Labute approximate surface area is 135 Å². The summed E-state index contributed by atoms with van der Waals surface area (Å²) in [6.07, 6.45) is 5.00. The third-order valence-corrected chi connectivity index (χ3v) is 3.94. The smallest absolute Gasteiger partial charge is 0.174 e. The van der Waals surface area contributed by atoms with Crippen LogP contribution in [-0.2, 0) is 11.2 Å². The van der Waals surface area contributed by atoms with Crippen LogP contribution in [0.15, 0.2) is 42.6 Å². The highest BCUT2D eigenvalue weighted by atomic mass is 16.1. The summed E-state index contributed by atoms with van der Waals surface area (Å²) in [7, 11) is 0. The van der Waals surface area contributed by atoms with Gasteiger partial charge in [-0.05, 0) is 23.6 Å². The normalized spacial score (nSPS) is 11.0. The Bertz CT molecular complexity index is 821. The first-order valence-electron chi connectivity index (χ1n) is 7.89. The van der Waals surface area contributed by atoms with Gasteiger partial charge in [0.15, 0.2) is 5.82 Å². The lowest BCUT2D eigenvalue weighted by atomic mass is 10.0. The number of hydrogen-bond donors (Lipinski definition) is 1. The molecule has 2 heterocycles. The number of nitrogens with two attached hydrogens (primary N) is 1. The summed E-state index contributed by atoms with van der Waals surface area (Å²) in [6, 6.07) is 12.0. The Kier molecular flexibility index (Phi) is 4.37. The number of unbranched alkanes of at least 4 members (excludes halogenated alkanes) is 1. The maximum atomic E-state index is 11.9. The number of carbonyl (C=O) groups excluding carboxylic acids is 1. The molecule has 2 aromatic heterocycles. The summed E-state index contributed by atoms with van der Waals surface area (Å²) in [4.78, 5) is 11.9. The Hall–Kier alpha value is -2.69. The second-order valence-corrected chi connectivity index (χ2v) is 5.71. The number of aromatic nitrogens is 3. The van der Waals surface area contributed by atoms with Crippen LogP contribution in [0.1, 0.15) is 31.7 Å². The zero-order valence-electron chi connectivity index (χ0n) is 13.2. The minimum absolute atomic E-state index is 0.297. The van der Waals surface area contributed by atoms with E-state index in [-0.39, 0.29) is 0 Å². The molecule has 3 rings (SSSR count). The Morgan fingerprint density at radius 3 is 2.74 bits per heavy atom. The van der Waals surface area contributed by atoms with E-state index in [1.165, 1.54) is 0 Å². The maximum Gasteiger partial charge on any atom is 0.174 e. The number of ketones is 1. The molecule has 0 radical (unpaired) electrons. The standard InChI is InChI=1S/C18H20N4O/c1-2-3-5-15(23)12-13-7-9-14(10-8-13)16-6-4-11-22-17(16)18(19)20-21-22/h4,6-11H,2-3,5,12,19H2,1H3. The van der Waals surface area contributed by atoms with E-state index in [1.807, 2.05) is 42.6 Å². The molecule has 0 atom stereocenters. The SMILES string of the molecule is CCCCC(=O)Cc1ccc(-c2cccn3nnc(N)c23)cc1. The molecule has 0 unspecified atom stereocenters. The summed E-state index contributed by atoms with van der Waals surface area (Å²) in [5.41, 5.74) is 9.79. The van der Waals surface area contributed by atoms with Crippen LogP contribution in [0.5, 0.6) is 0 Å². The van der Waals surface area contributed by atoms with E-state index in [0.717, 1.165) is 35.0 Å². The summed E-state index contributed by atoms with van der Waals surface area (Å²) >= 11 is 0. The van der Waals surface area contributed by atoms with Crippen LogP contribution in [-0.4, -0.2) is 20.6 Å². The van der Waals surface area contributed by atoms with Gasteiger partial charge in [-0.2, -0.15) is 0 Å². The molecule has 0 fully saturated rings. The van der Waals surface area contributed by atoms with Gasteiger partial charge in [0.05, 0.1) is 0 Å².